The first-order valence-electron chi connectivity index (χ1n) is 8.48. The number of hydrogen-bond donors (Lipinski definition) is 0. The first kappa shape index (κ1) is 24.4. The van der Waals surface area contributed by atoms with Gasteiger partial charge in [-0.2, -0.15) is 43.5 Å². The zero-order valence-corrected chi connectivity index (χ0v) is 16.7. The lowest BCUT2D eigenvalue weighted by Crippen LogP contribution is -2.34. The maximum atomic E-state index is 13.6. The summed E-state index contributed by atoms with van der Waals surface area (Å²) in [5.74, 6) is -8.93. The van der Waals surface area contributed by atoms with Crippen molar-refractivity contribution >= 4 is 27.6 Å². The van der Waals surface area contributed by atoms with Crippen molar-refractivity contribution in [1.82, 2.24) is 0 Å². The summed E-state index contributed by atoms with van der Waals surface area (Å²) in [6.45, 7) is 1.01. The Labute approximate surface area is 179 Å². The summed E-state index contributed by atoms with van der Waals surface area (Å²) >= 11 is 0. The number of carbonyl (C=O) groups is 2. The minimum absolute atomic E-state index is 0.294. The molecule has 2 amide bonds. The molecule has 178 valence electrons. The molecule has 0 aromatic heterocycles. The van der Waals surface area contributed by atoms with Gasteiger partial charge in [-0.3, -0.25) is 9.59 Å². The Morgan fingerprint density at radius 2 is 1.48 bits per heavy atom. The van der Waals surface area contributed by atoms with Crippen molar-refractivity contribution in [3.05, 3.63) is 58.7 Å². The van der Waals surface area contributed by atoms with Crippen molar-refractivity contribution < 1.29 is 57.3 Å². The Morgan fingerprint density at radius 3 is 2.00 bits per heavy atom. The summed E-state index contributed by atoms with van der Waals surface area (Å²) in [5, 5.41) is 0. The smallest absolute Gasteiger partial charge is 0.375 e. The van der Waals surface area contributed by atoms with Gasteiger partial charge < -0.3 is 4.18 Å². The van der Waals surface area contributed by atoms with E-state index in [0.717, 1.165) is 19.1 Å². The van der Waals surface area contributed by atoms with E-state index in [9.17, 15) is 53.1 Å². The second kappa shape index (κ2) is 7.40. The summed E-state index contributed by atoms with van der Waals surface area (Å²) in [7, 11) is -6.21. The summed E-state index contributed by atoms with van der Waals surface area (Å²) in [6.07, 6.45) is -5.92. The molecule has 6 nitrogen and oxygen atoms in total. The van der Waals surface area contributed by atoms with E-state index in [4.69, 9.17) is 0 Å². The van der Waals surface area contributed by atoms with Crippen LogP contribution in [0.25, 0.3) is 0 Å². The van der Waals surface area contributed by atoms with Crippen LogP contribution in [0.5, 0.6) is 5.75 Å². The van der Waals surface area contributed by atoms with Crippen molar-refractivity contribution in [3.8, 4) is 5.75 Å². The number of nitrogens with zero attached hydrogens (tertiary/aromatic N) is 1. The molecule has 0 bridgehead atoms. The van der Waals surface area contributed by atoms with E-state index >= 15 is 0 Å². The van der Waals surface area contributed by atoms with Crippen LogP contribution in [0.3, 0.4) is 0 Å². The lowest BCUT2D eigenvalue weighted by molar-refractivity contribution is -0.289. The summed E-state index contributed by atoms with van der Waals surface area (Å²) in [4.78, 5) is 25.7. The van der Waals surface area contributed by atoms with E-state index < -0.39 is 67.7 Å². The SMILES string of the molecule is Cc1cc(C(F)(F)C(F)(F)F)ccc1N1C(=O)c2cccc(OS(=O)(=O)C(F)(F)F)c2C1=O. The Bertz CT molecular complexity index is 1270. The molecule has 1 heterocycles. The standard InChI is InChI=1S/C18H9F8NO5S/c1-8-7-9(16(19,20)17(21,22)23)5-6-11(8)27-14(28)10-3-2-4-12(13(10)15(27)29)32-33(30,31)18(24,25)26/h2-7H,1H3. The van der Waals surface area contributed by atoms with Crippen molar-refractivity contribution in [3.63, 3.8) is 0 Å². The summed E-state index contributed by atoms with van der Waals surface area (Å²) < 4.78 is 130. The molecule has 1 aliphatic rings. The highest BCUT2D eigenvalue weighted by Gasteiger charge is 2.59. The van der Waals surface area contributed by atoms with E-state index in [1.165, 1.54) is 0 Å². The number of fused-ring (bicyclic) bond motifs is 1. The highest BCUT2D eigenvalue weighted by atomic mass is 32.2. The predicted molar refractivity (Wildman–Crippen MR) is 94.3 cm³/mol. The average Bonchev–Trinajstić information content (AvgIpc) is 2.91. The van der Waals surface area contributed by atoms with Gasteiger partial charge in [-0.15, -0.1) is 0 Å². The fourth-order valence-corrected chi connectivity index (χ4v) is 3.44. The molecular formula is C18H9F8NO5S. The topological polar surface area (TPSA) is 80.8 Å². The number of hydrogen-bond acceptors (Lipinski definition) is 5. The van der Waals surface area contributed by atoms with Crippen molar-refractivity contribution in [2.24, 2.45) is 0 Å². The fourth-order valence-electron chi connectivity index (χ4n) is 2.97. The molecule has 0 atom stereocenters. The van der Waals surface area contributed by atoms with Gasteiger partial charge in [0.15, 0.2) is 5.75 Å². The van der Waals surface area contributed by atoms with Crippen LogP contribution in [0, 0.1) is 6.92 Å². The van der Waals surface area contributed by atoms with Crippen LogP contribution in [0.1, 0.15) is 31.8 Å². The molecule has 0 radical (unpaired) electrons. The number of anilines is 1. The van der Waals surface area contributed by atoms with Gasteiger partial charge in [0.05, 0.1) is 16.8 Å². The molecule has 15 heteroatoms. The fraction of sp³-hybridized carbons (Fsp3) is 0.222. The predicted octanol–water partition coefficient (Wildman–Crippen LogP) is 4.68. The number of carbonyl (C=O) groups excluding carboxylic acids is 2. The van der Waals surface area contributed by atoms with E-state index in [1.807, 2.05) is 0 Å². The minimum Gasteiger partial charge on any atom is -0.375 e. The van der Waals surface area contributed by atoms with Gasteiger partial charge in [0.1, 0.15) is 0 Å². The van der Waals surface area contributed by atoms with Crippen LogP contribution >= 0.6 is 0 Å². The number of rotatable bonds is 4. The molecule has 0 N–H and O–H groups in total. The van der Waals surface area contributed by atoms with Crippen molar-refractivity contribution in [2.45, 2.75) is 24.5 Å². The number of benzene rings is 2. The highest BCUT2D eigenvalue weighted by molar-refractivity contribution is 7.88. The molecule has 3 rings (SSSR count). The van der Waals surface area contributed by atoms with Crippen molar-refractivity contribution in [1.29, 1.82) is 0 Å². The van der Waals surface area contributed by atoms with E-state index in [0.29, 0.717) is 29.2 Å². The van der Waals surface area contributed by atoms with Crippen LogP contribution < -0.4 is 9.08 Å². The maximum absolute atomic E-state index is 13.6. The van der Waals surface area contributed by atoms with Gasteiger partial charge in [0.25, 0.3) is 11.8 Å². The number of amides is 2. The minimum atomic E-state index is -6.21. The van der Waals surface area contributed by atoms with Gasteiger partial charge in [-0.1, -0.05) is 12.1 Å². The third-order valence-corrected chi connectivity index (χ3v) is 5.48. The van der Waals surface area contributed by atoms with Crippen LogP contribution in [-0.2, 0) is 16.0 Å². The number of aryl methyl sites for hydroxylation is 1. The second-order valence-electron chi connectivity index (χ2n) is 6.68. The molecule has 0 aliphatic carbocycles. The molecule has 0 spiro atoms. The van der Waals surface area contributed by atoms with Gasteiger partial charge in [0.2, 0.25) is 0 Å². The molecule has 1 aliphatic heterocycles. The van der Waals surface area contributed by atoms with Crippen LogP contribution in [0.15, 0.2) is 36.4 Å². The first-order chi connectivity index (χ1) is 14.9. The van der Waals surface area contributed by atoms with Gasteiger partial charge in [-0.05, 0) is 36.8 Å². The van der Waals surface area contributed by atoms with Gasteiger partial charge in [0, 0.05) is 5.56 Å². The lowest BCUT2D eigenvalue weighted by Gasteiger charge is -2.22. The quantitative estimate of drug-likeness (QED) is 0.262. The molecule has 0 unspecified atom stereocenters. The van der Waals surface area contributed by atoms with E-state index in [2.05, 4.69) is 4.18 Å². The Morgan fingerprint density at radius 1 is 0.879 bits per heavy atom. The third-order valence-electron chi connectivity index (χ3n) is 4.52. The molecule has 0 saturated carbocycles. The summed E-state index contributed by atoms with van der Waals surface area (Å²) in [5.41, 5.74) is -9.59. The molecular weight excluding hydrogens is 494 g/mol. The first-order valence-corrected chi connectivity index (χ1v) is 9.89. The number of imide groups is 1. The zero-order valence-electron chi connectivity index (χ0n) is 15.9. The monoisotopic (exact) mass is 503 g/mol. The third kappa shape index (κ3) is 3.89. The number of halogens is 8. The van der Waals surface area contributed by atoms with E-state index in [1.54, 1.807) is 0 Å². The molecule has 2 aromatic carbocycles. The van der Waals surface area contributed by atoms with E-state index in [-0.39, 0.29) is 5.56 Å². The molecule has 0 fully saturated rings. The van der Waals surface area contributed by atoms with Crippen LogP contribution in [-0.4, -0.2) is 31.9 Å². The Balaban J connectivity index is 2.06. The lowest BCUT2D eigenvalue weighted by atomic mass is 10.0. The highest BCUT2D eigenvalue weighted by Crippen LogP contribution is 2.45. The van der Waals surface area contributed by atoms with Crippen LogP contribution in [0.4, 0.5) is 40.8 Å². The second-order valence-corrected chi connectivity index (χ2v) is 8.22. The largest absolute Gasteiger partial charge is 0.534 e. The van der Waals surface area contributed by atoms with Gasteiger partial charge >= 0.3 is 27.7 Å². The van der Waals surface area contributed by atoms with Gasteiger partial charge in [-0.25, -0.2) is 4.90 Å². The summed E-state index contributed by atoms with van der Waals surface area (Å²) in [6, 6.07) is 3.90. The average molecular weight is 503 g/mol. The maximum Gasteiger partial charge on any atom is 0.534 e. The number of alkyl halides is 8. The van der Waals surface area contributed by atoms with Crippen LogP contribution in [0.2, 0.25) is 0 Å². The molecule has 2 aromatic rings. The molecule has 33 heavy (non-hydrogen) atoms. The zero-order chi connectivity index (χ0) is 25.1. The Kier molecular flexibility index (Phi) is 5.47. The van der Waals surface area contributed by atoms with Crippen molar-refractivity contribution in [2.75, 3.05) is 4.90 Å². The normalized spacial score (nSPS) is 15.1. The molecule has 0 saturated heterocycles. The Hall–Kier alpha value is -3.23.